The summed E-state index contributed by atoms with van der Waals surface area (Å²) in [6.45, 7) is 4.35. The van der Waals surface area contributed by atoms with Crippen molar-refractivity contribution in [3.05, 3.63) is 10.4 Å². The first-order valence-electron chi connectivity index (χ1n) is 7.64. The minimum atomic E-state index is -0.293. The molecule has 1 aliphatic heterocycles. The molecule has 5 nitrogen and oxygen atoms in total. The highest BCUT2D eigenvalue weighted by Gasteiger charge is 2.34. The predicted molar refractivity (Wildman–Crippen MR) is 86.2 cm³/mol. The van der Waals surface area contributed by atoms with E-state index in [4.69, 9.17) is 10.5 Å². The van der Waals surface area contributed by atoms with Crippen molar-refractivity contribution >= 4 is 28.0 Å². The van der Waals surface area contributed by atoms with Crippen LogP contribution in [0.15, 0.2) is 0 Å². The summed E-state index contributed by atoms with van der Waals surface area (Å²) >= 11 is 1.46. The van der Waals surface area contributed by atoms with E-state index in [9.17, 15) is 4.79 Å². The van der Waals surface area contributed by atoms with E-state index in [2.05, 4.69) is 17.3 Å². The fourth-order valence-corrected chi connectivity index (χ4v) is 4.11. The Hall–Kier alpha value is -1.27. The number of hydrogen-bond donors (Lipinski definition) is 2. The summed E-state index contributed by atoms with van der Waals surface area (Å²) in [5.74, 6) is 0.226. The fraction of sp³-hybridized carbons (Fsp3) is 0.667. The van der Waals surface area contributed by atoms with Crippen molar-refractivity contribution in [3.63, 3.8) is 0 Å². The number of nitrogens with two attached hydrogens (primary N) is 1. The number of carbonyl (C=O) groups excluding carboxylic acids is 1. The van der Waals surface area contributed by atoms with Crippen molar-refractivity contribution < 1.29 is 9.53 Å². The molecule has 116 valence electrons. The van der Waals surface area contributed by atoms with E-state index in [1.807, 2.05) is 6.92 Å². The monoisotopic (exact) mass is 309 g/mol. The van der Waals surface area contributed by atoms with Crippen LogP contribution in [-0.2, 0) is 4.74 Å². The molecular weight excluding hydrogens is 286 g/mol. The second-order valence-corrected chi connectivity index (χ2v) is 7.00. The van der Waals surface area contributed by atoms with Crippen molar-refractivity contribution in [2.45, 2.75) is 38.1 Å². The van der Waals surface area contributed by atoms with Crippen LogP contribution in [0.4, 0.5) is 10.7 Å². The summed E-state index contributed by atoms with van der Waals surface area (Å²) in [7, 11) is 2.14. The normalized spacial score (nSPS) is 22.5. The number of likely N-dealkylation sites (tertiary alicyclic amines) is 1. The van der Waals surface area contributed by atoms with Crippen molar-refractivity contribution in [1.82, 2.24) is 4.90 Å². The zero-order valence-corrected chi connectivity index (χ0v) is 13.5. The molecule has 0 bridgehead atoms. The minimum Gasteiger partial charge on any atom is -0.462 e. The zero-order chi connectivity index (χ0) is 15.0. The lowest BCUT2D eigenvalue weighted by atomic mass is 10.1. The van der Waals surface area contributed by atoms with E-state index in [1.54, 1.807) is 0 Å². The molecular formula is C15H23N3O2S. The van der Waals surface area contributed by atoms with Crippen molar-refractivity contribution in [1.29, 1.82) is 0 Å². The first-order chi connectivity index (χ1) is 10.1. The quantitative estimate of drug-likeness (QED) is 0.818. The molecule has 0 aromatic carbocycles. The van der Waals surface area contributed by atoms with Crippen molar-refractivity contribution in [3.8, 4) is 0 Å². The van der Waals surface area contributed by atoms with Gasteiger partial charge in [-0.15, -0.1) is 11.3 Å². The topological polar surface area (TPSA) is 67.6 Å². The van der Waals surface area contributed by atoms with Gasteiger partial charge in [-0.2, -0.15) is 0 Å². The van der Waals surface area contributed by atoms with Crippen LogP contribution >= 0.6 is 11.3 Å². The third kappa shape index (κ3) is 3.01. The highest BCUT2D eigenvalue weighted by atomic mass is 32.1. The van der Waals surface area contributed by atoms with Gasteiger partial charge in [-0.1, -0.05) is 0 Å². The van der Waals surface area contributed by atoms with Gasteiger partial charge in [0.25, 0.3) is 0 Å². The molecule has 3 N–H and O–H groups in total. The smallest absolute Gasteiger partial charge is 0.350 e. The Bertz CT molecular complexity index is 539. The minimum absolute atomic E-state index is 0.293. The molecule has 2 aliphatic rings. The predicted octanol–water partition coefficient (Wildman–Crippen LogP) is 2.50. The molecule has 0 spiro atoms. The van der Waals surface area contributed by atoms with E-state index in [0.717, 1.165) is 30.1 Å². The van der Waals surface area contributed by atoms with Crippen LogP contribution < -0.4 is 11.1 Å². The van der Waals surface area contributed by atoms with Crippen LogP contribution in [0.2, 0.25) is 0 Å². The van der Waals surface area contributed by atoms with E-state index in [1.165, 1.54) is 24.2 Å². The number of nitrogen functional groups attached to an aromatic ring is 1. The highest BCUT2D eigenvalue weighted by molar-refractivity contribution is 7.18. The summed E-state index contributed by atoms with van der Waals surface area (Å²) in [6.07, 6.45) is 3.47. The van der Waals surface area contributed by atoms with Crippen LogP contribution in [-0.4, -0.2) is 43.7 Å². The highest BCUT2D eigenvalue weighted by Crippen LogP contribution is 2.51. The van der Waals surface area contributed by atoms with Crippen LogP contribution in [0.3, 0.4) is 0 Å². The molecule has 1 aromatic rings. The second-order valence-electron chi connectivity index (χ2n) is 5.97. The van der Waals surface area contributed by atoms with Crippen LogP contribution in [0, 0.1) is 0 Å². The summed E-state index contributed by atoms with van der Waals surface area (Å²) in [6, 6.07) is 0.445. The maximum absolute atomic E-state index is 12.0. The van der Waals surface area contributed by atoms with Crippen molar-refractivity contribution in [2.75, 3.05) is 37.8 Å². The molecule has 1 aliphatic carbocycles. The summed E-state index contributed by atoms with van der Waals surface area (Å²) < 4.78 is 5.12. The zero-order valence-electron chi connectivity index (χ0n) is 12.6. The lowest BCUT2D eigenvalue weighted by molar-refractivity contribution is 0.0533. The molecule has 1 saturated carbocycles. The van der Waals surface area contributed by atoms with Crippen LogP contribution in [0.1, 0.15) is 47.3 Å². The Balaban J connectivity index is 1.84. The number of rotatable bonds is 5. The van der Waals surface area contributed by atoms with Gasteiger partial charge < -0.3 is 20.7 Å². The molecule has 6 heteroatoms. The number of esters is 1. The second kappa shape index (κ2) is 5.85. The molecule has 2 heterocycles. The number of nitrogens with zero attached hydrogens (tertiary/aromatic N) is 1. The number of ether oxygens (including phenoxy) is 1. The Labute approximate surface area is 129 Å². The van der Waals surface area contributed by atoms with Gasteiger partial charge in [-0.05, 0) is 45.7 Å². The molecule has 2 fully saturated rings. The summed E-state index contributed by atoms with van der Waals surface area (Å²) in [5.41, 5.74) is 8.02. The first kappa shape index (κ1) is 14.7. The van der Waals surface area contributed by atoms with E-state index >= 15 is 0 Å². The molecule has 3 rings (SSSR count). The molecule has 1 aromatic heterocycles. The van der Waals surface area contributed by atoms with Gasteiger partial charge in [0.05, 0.1) is 17.3 Å². The number of carbonyl (C=O) groups is 1. The molecule has 21 heavy (non-hydrogen) atoms. The largest absolute Gasteiger partial charge is 0.462 e. The maximum Gasteiger partial charge on any atom is 0.350 e. The number of nitrogens with one attached hydrogen (secondary N) is 1. The fourth-order valence-electron chi connectivity index (χ4n) is 2.93. The average Bonchev–Trinajstić information content (AvgIpc) is 3.11. The van der Waals surface area contributed by atoms with Gasteiger partial charge in [-0.3, -0.25) is 0 Å². The first-order valence-corrected chi connectivity index (χ1v) is 8.46. The molecule has 0 amide bonds. The van der Waals surface area contributed by atoms with E-state index < -0.39 is 0 Å². The van der Waals surface area contributed by atoms with E-state index in [-0.39, 0.29) is 5.97 Å². The van der Waals surface area contributed by atoms with Gasteiger partial charge in [0.15, 0.2) is 0 Å². The number of anilines is 2. The third-order valence-corrected chi connectivity index (χ3v) is 5.29. The SMILES string of the molecule is CCOC(=O)c1sc(NC2CCN(C)C2)c(C2CC2)c1N. The van der Waals surface area contributed by atoms with Gasteiger partial charge >= 0.3 is 5.97 Å². The van der Waals surface area contributed by atoms with Crippen LogP contribution in [0.5, 0.6) is 0 Å². The van der Waals surface area contributed by atoms with Gasteiger partial charge in [0.2, 0.25) is 0 Å². The van der Waals surface area contributed by atoms with Crippen molar-refractivity contribution in [2.24, 2.45) is 0 Å². The van der Waals surface area contributed by atoms with Gasteiger partial charge in [-0.25, -0.2) is 4.79 Å². The Kier molecular flexibility index (Phi) is 4.08. The van der Waals surface area contributed by atoms with Gasteiger partial charge in [0, 0.05) is 18.2 Å². The average molecular weight is 309 g/mol. The molecule has 0 radical (unpaired) electrons. The molecule has 1 unspecified atom stereocenters. The summed E-state index contributed by atoms with van der Waals surface area (Å²) in [4.78, 5) is 14.9. The standard InChI is InChI=1S/C15H23N3O2S/c1-3-20-15(19)13-12(16)11(9-4-5-9)14(21-13)17-10-6-7-18(2)8-10/h9-10,17H,3-8,16H2,1-2H3. The Morgan fingerprint density at radius 3 is 2.81 bits per heavy atom. The maximum atomic E-state index is 12.0. The van der Waals surface area contributed by atoms with E-state index in [0.29, 0.717) is 29.1 Å². The Morgan fingerprint density at radius 2 is 2.24 bits per heavy atom. The lowest BCUT2D eigenvalue weighted by Crippen LogP contribution is -2.23. The number of thiophene rings is 1. The molecule has 1 saturated heterocycles. The third-order valence-electron chi connectivity index (χ3n) is 4.16. The number of likely N-dealkylation sites (N-methyl/N-ethyl adjacent to an activating group) is 1. The van der Waals surface area contributed by atoms with Gasteiger partial charge in [0.1, 0.15) is 4.88 Å². The lowest BCUT2D eigenvalue weighted by Gasteiger charge is -2.14. The summed E-state index contributed by atoms with van der Waals surface area (Å²) in [5, 5.41) is 4.69. The number of hydrogen-bond acceptors (Lipinski definition) is 6. The van der Waals surface area contributed by atoms with Crippen LogP contribution in [0.25, 0.3) is 0 Å². The Morgan fingerprint density at radius 1 is 1.48 bits per heavy atom. The molecule has 1 atom stereocenters.